The van der Waals surface area contributed by atoms with E-state index in [4.69, 9.17) is 4.74 Å². The van der Waals surface area contributed by atoms with Crippen LogP contribution in [-0.4, -0.2) is 46.9 Å². The van der Waals surface area contributed by atoms with Crippen LogP contribution in [0.4, 0.5) is 0 Å². The van der Waals surface area contributed by atoms with E-state index in [0.29, 0.717) is 25.7 Å². The Morgan fingerprint density at radius 3 is 1.18 bits per heavy atom. The van der Waals surface area contributed by atoms with Crippen molar-refractivity contribution in [3.63, 3.8) is 0 Å². The first-order chi connectivity index (χ1) is 32.0. The van der Waals surface area contributed by atoms with Gasteiger partial charge in [-0.25, -0.2) is 0 Å². The van der Waals surface area contributed by atoms with E-state index in [9.17, 15) is 19.8 Å². The van der Waals surface area contributed by atoms with Gasteiger partial charge in [-0.3, -0.25) is 9.59 Å². The van der Waals surface area contributed by atoms with E-state index >= 15 is 0 Å². The molecule has 0 aliphatic carbocycles. The molecule has 3 unspecified atom stereocenters. The molecular formula is C59H109NO5. The summed E-state index contributed by atoms with van der Waals surface area (Å²) in [5, 5.41) is 23.9. The third-order valence-electron chi connectivity index (χ3n) is 12.9. The minimum absolute atomic E-state index is 0.0591. The lowest BCUT2D eigenvalue weighted by Crippen LogP contribution is -2.46. The zero-order valence-electron chi connectivity index (χ0n) is 43.4. The summed E-state index contributed by atoms with van der Waals surface area (Å²) in [6, 6.07) is -0.711. The Morgan fingerprint density at radius 2 is 0.785 bits per heavy atom. The van der Waals surface area contributed by atoms with Crippen LogP contribution in [-0.2, 0) is 14.3 Å². The van der Waals surface area contributed by atoms with E-state index in [-0.39, 0.29) is 24.9 Å². The third kappa shape index (κ3) is 48.1. The first-order valence-electron chi connectivity index (χ1n) is 28.4. The van der Waals surface area contributed by atoms with E-state index in [2.05, 4.69) is 74.7 Å². The summed E-state index contributed by atoms with van der Waals surface area (Å²) in [5.41, 5.74) is 0. The maximum absolute atomic E-state index is 13.3. The van der Waals surface area contributed by atoms with Crippen molar-refractivity contribution in [2.24, 2.45) is 0 Å². The lowest BCUT2D eigenvalue weighted by molar-refractivity contribution is -0.151. The number of hydrogen-bond donors (Lipinski definition) is 3. The number of allylic oxidation sites excluding steroid dienone is 8. The van der Waals surface area contributed by atoms with Gasteiger partial charge in [0.05, 0.1) is 25.2 Å². The number of hydrogen-bond acceptors (Lipinski definition) is 5. The van der Waals surface area contributed by atoms with Gasteiger partial charge in [-0.05, 0) is 64.2 Å². The highest BCUT2D eigenvalue weighted by Crippen LogP contribution is 2.18. The van der Waals surface area contributed by atoms with Crippen LogP contribution >= 0.6 is 0 Å². The summed E-state index contributed by atoms with van der Waals surface area (Å²) in [6.45, 7) is 6.47. The summed E-state index contributed by atoms with van der Waals surface area (Å²) in [5.74, 6) is -0.528. The molecule has 0 aromatic heterocycles. The van der Waals surface area contributed by atoms with E-state index in [0.717, 1.165) is 64.2 Å². The number of rotatable bonds is 51. The first-order valence-corrected chi connectivity index (χ1v) is 28.4. The average molecular weight is 913 g/mol. The summed E-state index contributed by atoms with van der Waals surface area (Å²) >= 11 is 0. The highest BCUT2D eigenvalue weighted by molar-refractivity contribution is 5.77. The maximum atomic E-state index is 13.3. The van der Waals surface area contributed by atoms with Crippen LogP contribution in [0.1, 0.15) is 290 Å². The van der Waals surface area contributed by atoms with Gasteiger partial charge in [-0.1, -0.05) is 262 Å². The number of nitrogens with one attached hydrogen (secondary N) is 1. The Hall–Kier alpha value is -2.18. The molecule has 0 aromatic carbocycles. The molecule has 6 nitrogen and oxygen atoms in total. The first kappa shape index (κ1) is 62.8. The smallest absolute Gasteiger partial charge is 0.306 e. The van der Waals surface area contributed by atoms with Gasteiger partial charge in [0.2, 0.25) is 5.91 Å². The van der Waals surface area contributed by atoms with Crippen molar-refractivity contribution in [2.75, 3.05) is 6.61 Å². The Bertz CT molecular complexity index is 1110. The summed E-state index contributed by atoms with van der Waals surface area (Å²) in [6.07, 6.45) is 64.6. The predicted octanol–water partition coefficient (Wildman–Crippen LogP) is 17.4. The van der Waals surface area contributed by atoms with Crippen molar-refractivity contribution in [2.45, 2.75) is 309 Å². The molecule has 0 heterocycles. The van der Waals surface area contributed by atoms with Crippen molar-refractivity contribution >= 4 is 11.9 Å². The molecule has 0 aromatic rings. The lowest BCUT2D eigenvalue weighted by atomic mass is 10.0. The predicted molar refractivity (Wildman–Crippen MR) is 282 cm³/mol. The van der Waals surface area contributed by atoms with Crippen LogP contribution in [0, 0.1) is 0 Å². The average Bonchev–Trinajstić information content (AvgIpc) is 3.30. The number of amides is 1. The van der Waals surface area contributed by atoms with E-state index in [1.165, 1.54) is 173 Å². The molecule has 0 radical (unpaired) electrons. The molecule has 0 aliphatic rings. The van der Waals surface area contributed by atoms with Gasteiger partial charge in [0.1, 0.15) is 6.10 Å². The molecule has 6 heteroatoms. The Labute approximate surface area is 404 Å². The van der Waals surface area contributed by atoms with Crippen LogP contribution in [0.2, 0.25) is 0 Å². The van der Waals surface area contributed by atoms with Crippen molar-refractivity contribution in [3.8, 4) is 0 Å². The Kier molecular flexibility index (Phi) is 51.0. The zero-order chi connectivity index (χ0) is 47.4. The fourth-order valence-electron chi connectivity index (χ4n) is 8.60. The van der Waals surface area contributed by atoms with Gasteiger partial charge < -0.3 is 20.3 Å². The topological polar surface area (TPSA) is 95.9 Å². The number of unbranched alkanes of at least 4 members (excludes halogenated alkanes) is 31. The Morgan fingerprint density at radius 1 is 0.446 bits per heavy atom. The lowest BCUT2D eigenvalue weighted by Gasteiger charge is -2.24. The maximum Gasteiger partial charge on any atom is 0.306 e. The molecule has 0 aliphatic heterocycles. The molecule has 65 heavy (non-hydrogen) atoms. The molecular weight excluding hydrogens is 803 g/mol. The Balaban J connectivity index is 4.63. The fraction of sp³-hybridized carbons (Fsp3) is 0.831. The van der Waals surface area contributed by atoms with Crippen molar-refractivity contribution < 1.29 is 24.5 Å². The van der Waals surface area contributed by atoms with Crippen LogP contribution in [0.3, 0.4) is 0 Å². The molecule has 3 atom stereocenters. The number of carbonyl (C=O) groups excluding carboxylic acids is 2. The van der Waals surface area contributed by atoms with Gasteiger partial charge >= 0.3 is 5.97 Å². The molecule has 3 N–H and O–H groups in total. The van der Waals surface area contributed by atoms with Crippen LogP contribution in [0.5, 0.6) is 0 Å². The zero-order valence-corrected chi connectivity index (χ0v) is 43.4. The van der Waals surface area contributed by atoms with Gasteiger partial charge in [-0.2, -0.15) is 0 Å². The second-order valence-electron chi connectivity index (χ2n) is 19.3. The SMILES string of the molecule is CCCCC/C=C\C/C=C\C/C=C\C/C=C\CCCC(=O)OC(CCCCCCCCCCCCCCCCC)CC(=O)NC(CO)C(O)CCCCCCCCCCCCCCCC. The minimum Gasteiger partial charge on any atom is -0.462 e. The highest BCUT2D eigenvalue weighted by atomic mass is 16.5. The van der Waals surface area contributed by atoms with Crippen LogP contribution in [0.25, 0.3) is 0 Å². The normalized spacial score (nSPS) is 13.5. The van der Waals surface area contributed by atoms with Gasteiger partial charge in [0, 0.05) is 6.42 Å². The molecule has 1 amide bonds. The second kappa shape index (κ2) is 52.8. The fourth-order valence-corrected chi connectivity index (χ4v) is 8.60. The second-order valence-corrected chi connectivity index (χ2v) is 19.3. The van der Waals surface area contributed by atoms with Crippen LogP contribution in [0.15, 0.2) is 48.6 Å². The number of carbonyl (C=O) groups is 2. The quantitative estimate of drug-likeness (QED) is 0.0321. The van der Waals surface area contributed by atoms with Gasteiger partial charge in [-0.15, -0.1) is 0 Å². The highest BCUT2D eigenvalue weighted by Gasteiger charge is 2.24. The van der Waals surface area contributed by atoms with Crippen molar-refractivity contribution in [1.82, 2.24) is 5.32 Å². The molecule has 0 saturated carbocycles. The molecule has 0 fully saturated rings. The summed E-state index contributed by atoms with van der Waals surface area (Å²) in [7, 11) is 0. The third-order valence-corrected chi connectivity index (χ3v) is 12.9. The number of ether oxygens (including phenoxy) is 1. The minimum atomic E-state index is -0.796. The van der Waals surface area contributed by atoms with E-state index in [1.54, 1.807) is 0 Å². The monoisotopic (exact) mass is 912 g/mol. The molecule has 0 rings (SSSR count). The molecule has 0 bridgehead atoms. The summed E-state index contributed by atoms with van der Waals surface area (Å²) in [4.78, 5) is 26.2. The largest absolute Gasteiger partial charge is 0.462 e. The van der Waals surface area contributed by atoms with E-state index < -0.39 is 18.2 Å². The van der Waals surface area contributed by atoms with Gasteiger partial charge in [0.15, 0.2) is 0 Å². The van der Waals surface area contributed by atoms with E-state index in [1.807, 2.05) is 0 Å². The molecule has 0 spiro atoms. The van der Waals surface area contributed by atoms with Crippen molar-refractivity contribution in [1.29, 1.82) is 0 Å². The van der Waals surface area contributed by atoms with Crippen molar-refractivity contribution in [3.05, 3.63) is 48.6 Å². The van der Waals surface area contributed by atoms with Gasteiger partial charge in [0.25, 0.3) is 0 Å². The molecule has 0 saturated heterocycles. The summed E-state index contributed by atoms with van der Waals surface area (Å²) < 4.78 is 5.93. The number of aliphatic hydroxyl groups is 2. The molecule has 380 valence electrons. The number of aliphatic hydroxyl groups excluding tert-OH is 2. The van der Waals surface area contributed by atoms with Crippen LogP contribution < -0.4 is 5.32 Å². The standard InChI is InChI=1S/C59H109NO5/c1-4-7-10-13-16-19-22-25-28-29-31-34-37-40-43-46-49-52-59(64)65-55(50-47-44-41-38-35-32-30-26-23-20-17-14-11-8-5-2)53-58(63)60-56(54-61)57(62)51-48-45-42-39-36-33-27-24-21-18-15-12-9-6-3/h16,19,25,28,31,34,40,43,55-57,61-62H,4-15,17-18,20-24,26-27,29-30,32-33,35-39,41-42,44-54H2,1-3H3,(H,60,63)/b19-16-,28-25-,34-31-,43-40-. The number of esters is 1.